The van der Waals surface area contributed by atoms with E-state index < -0.39 is 22.4 Å². The molecule has 0 heterocycles. The van der Waals surface area contributed by atoms with E-state index in [9.17, 15) is 15.0 Å². The first-order chi connectivity index (χ1) is 11.7. The highest BCUT2D eigenvalue weighted by Gasteiger charge is 2.63. The molecule has 0 bridgehead atoms. The zero-order valence-electron chi connectivity index (χ0n) is 15.4. The topological polar surface area (TPSA) is 57.5 Å². The van der Waals surface area contributed by atoms with Gasteiger partial charge in [-0.2, -0.15) is 0 Å². The molecule has 0 saturated heterocycles. The Morgan fingerprint density at radius 3 is 2.16 bits per heavy atom. The van der Waals surface area contributed by atoms with Crippen LogP contribution in [0.3, 0.4) is 0 Å². The molecule has 1 aliphatic rings. The molecule has 3 heteroatoms. The van der Waals surface area contributed by atoms with E-state index in [1.807, 2.05) is 63.2 Å². The van der Waals surface area contributed by atoms with E-state index in [1.165, 1.54) is 0 Å². The highest BCUT2D eigenvalue weighted by atomic mass is 16.4. The molecule has 2 aromatic carbocycles. The van der Waals surface area contributed by atoms with Crippen molar-refractivity contribution in [3.63, 3.8) is 0 Å². The van der Waals surface area contributed by atoms with Crippen molar-refractivity contribution in [3.05, 3.63) is 48.0 Å². The zero-order chi connectivity index (χ0) is 18.3. The van der Waals surface area contributed by atoms with Crippen LogP contribution in [0.2, 0.25) is 0 Å². The van der Waals surface area contributed by atoms with E-state index in [1.54, 1.807) is 0 Å². The summed E-state index contributed by atoms with van der Waals surface area (Å²) in [6.07, 6.45) is 3.84. The number of rotatable bonds is 3. The van der Waals surface area contributed by atoms with E-state index in [0.717, 1.165) is 35.6 Å². The molecule has 0 amide bonds. The molecule has 134 valence electrons. The smallest absolute Gasteiger partial charge is 0.317 e. The van der Waals surface area contributed by atoms with Crippen molar-refractivity contribution in [1.29, 1.82) is 0 Å². The van der Waals surface area contributed by atoms with Crippen molar-refractivity contribution >= 4 is 16.7 Å². The summed E-state index contributed by atoms with van der Waals surface area (Å²) in [5, 5.41) is 24.2. The molecule has 2 aromatic rings. The number of aliphatic carboxylic acids is 1. The van der Waals surface area contributed by atoms with Gasteiger partial charge in [0.2, 0.25) is 0 Å². The van der Waals surface area contributed by atoms with E-state index in [4.69, 9.17) is 0 Å². The third kappa shape index (κ3) is 2.56. The van der Waals surface area contributed by atoms with Gasteiger partial charge in [0.25, 0.3) is 0 Å². The summed E-state index contributed by atoms with van der Waals surface area (Å²) < 4.78 is 0. The molecule has 1 aliphatic carbocycles. The Bertz CT molecular complexity index is 776. The van der Waals surface area contributed by atoms with Gasteiger partial charge in [0, 0.05) is 0 Å². The molecule has 1 fully saturated rings. The molecule has 1 unspecified atom stereocenters. The summed E-state index contributed by atoms with van der Waals surface area (Å²) in [5.41, 5.74) is -2.52. The lowest BCUT2D eigenvalue weighted by Crippen LogP contribution is -2.64. The Morgan fingerprint density at radius 1 is 0.960 bits per heavy atom. The highest BCUT2D eigenvalue weighted by Crippen LogP contribution is 2.55. The fourth-order valence-electron chi connectivity index (χ4n) is 5.05. The fraction of sp³-hybridized carbons (Fsp3) is 0.500. The summed E-state index contributed by atoms with van der Waals surface area (Å²) in [6, 6.07) is 13.7. The lowest BCUT2D eigenvalue weighted by molar-refractivity contribution is -0.173. The van der Waals surface area contributed by atoms with E-state index in [2.05, 4.69) is 0 Å². The molecule has 1 saturated carbocycles. The van der Waals surface area contributed by atoms with Crippen LogP contribution < -0.4 is 0 Å². The van der Waals surface area contributed by atoms with Crippen molar-refractivity contribution in [1.82, 2.24) is 0 Å². The average molecular weight is 340 g/mol. The van der Waals surface area contributed by atoms with Crippen molar-refractivity contribution in [2.24, 2.45) is 5.41 Å². The molecule has 0 spiro atoms. The molecule has 0 aliphatic heterocycles. The number of carboxylic acid groups (broad SMARTS) is 1. The Balaban J connectivity index is 2.40. The first kappa shape index (κ1) is 17.9. The Kier molecular flexibility index (Phi) is 4.40. The monoisotopic (exact) mass is 340 g/mol. The van der Waals surface area contributed by atoms with Gasteiger partial charge in [0.05, 0.1) is 5.60 Å². The summed E-state index contributed by atoms with van der Waals surface area (Å²) in [7, 11) is 0. The molecule has 3 rings (SSSR count). The van der Waals surface area contributed by atoms with Gasteiger partial charge >= 0.3 is 5.97 Å². The fourth-order valence-corrected chi connectivity index (χ4v) is 5.05. The first-order valence-corrected chi connectivity index (χ1v) is 9.18. The average Bonchev–Trinajstić information content (AvgIpc) is 2.54. The van der Waals surface area contributed by atoms with Gasteiger partial charge < -0.3 is 10.2 Å². The van der Waals surface area contributed by atoms with Crippen molar-refractivity contribution in [2.45, 2.75) is 63.9 Å². The van der Waals surface area contributed by atoms with Gasteiger partial charge in [-0.05, 0) is 34.6 Å². The van der Waals surface area contributed by atoms with Crippen LogP contribution in [0.4, 0.5) is 0 Å². The number of benzene rings is 2. The summed E-state index contributed by atoms with van der Waals surface area (Å²) in [6.45, 7) is 5.82. The molecule has 0 aromatic heterocycles. The van der Waals surface area contributed by atoms with Crippen LogP contribution >= 0.6 is 0 Å². The predicted octanol–water partition coefficient (Wildman–Crippen LogP) is 4.90. The Morgan fingerprint density at radius 2 is 1.56 bits per heavy atom. The van der Waals surface area contributed by atoms with Crippen LogP contribution in [-0.2, 0) is 10.2 Å². The Labute approximate surface area is 149 Å². The minimum Gasteiger partial charge on any atom is -0.480 e. The molecular formula is C22H28O3. The third-order valence-corrected chi connectivity index (χ3v) is 6.02. The van der Waals surface area contributed by atoms with E-state index in [-0.39, 0.29) is 0 Å². The lowest BCUT2D eigenvalue weighted by Gasteiger charge is -2.54. The van der Waals surface area contributed by atoms with Gasteiger partial charge in [0.1, 0.15) is 5.41 Å². The lowest BCUT2D eigenvalue weighted by atomic mass is 9.50. The van der Waals surface area contributed by atoms with Crippen LogP contribution in [0, 0.1) is 5.41 Å². The van der Waals surface area contributed by atoms with E-state index >= 15 is 0 Å². The molecule has 3 nitrogen and oxygen atoms in total. The largest absolute Gasteiger partial charge is 0.480 e. The van der Waals surface area contributed by atoms with Gasteiger partial charge in [0.15, 0.2) is 0 Å². The number of hydrogen-bond donors (Lipinski definition) is 2. The molecule has 2 N–H and O–H groups in total. The van der Waals surface area contributed by atoms with Gasteiger partial charge in [-0.3, -0.25) is 4.79 Å². The standard InChI is InChI=1S/C22H28O3/c1-20(2,3)22(19(23)24,21(25)14-7-4-8-15-21)18-13-9-11-16-10-5-6-12-17(16)18/h5-6,9-13,25H,4,7-8,14-15H2,1-3H3,(H,23,24). The third-order valence-electron chi connectivity index (χ3n) is 6.02. The number of fused-ring (bicyclic) bond motifs is 1. The maximum Gasteiger partial charge on any atom is 0.317 e. The highest BCUT2D eigenvalue weighted by molar-refractivity contribution is 5.94. The molecule has 0 radical (unpaired) electrons. The first-order valence-electron chi connectivity index (χ1n) is 9.18. The number of hydrogen-bond acceptors (Lipinski definition) is 2. The van der Waals surface area contributed by atoms with Gasteiger partial charge in [-0.15, -0.1) is 0 Å². The van der Waals surface area contributed by atoms with Crippen LogP contribution in [-0.4, -0.2) is 21.8 Å². The van der Waals surface area contributed by atoms with Crippen molar-refractivity contribution in [3.8, 4) is 0 Å². The zero-order valence-corrected chi connectivity index (χ0v) is 15.4. The minimum absolute atomic E-state index is 0.528. The predicted molar refractivity (Wildman–Crippen MR) is 101 cm³/mol. The SMILES string of the molecule is CC(C)(C)C(C(=O)O)(c1cccc2ccccc12)C1(O)CCCCC1. The van der Waals surface area contributed by atoms with Gasteiger partial charge in [-0.25, -0.2) is 0 Å². The van der Waals surface area contributed by atoms with E-state index in [0.29, 0.717) is 12.8 Å². The minimum atomic E-state index is -1.36. The van der Waals surface area contributed by atoms with Gasteiger partial charge in [-0.1, -0.05) is 82.5 Å². The summed E-state index contributed by atoms with van der Waals surface area (Å²) >= 11 is 0. The summed E-state index contributed by atoms with van der Waals surface area (Å²) in [5.74, 6) is -0.930. The van der Waals surface area contributed by atoms with Crippen LogP contribution in [0.25, 0.3) is 10.8 Å². The maximum absolute atomic E-state index is 12.9. The number of aliphatic hydroxyl groups is 1. The normalized spacial score (nSPS) is 20.2. The molecule has 1 atom stereocenters. The summed E-state index contributed by atoms with van der Waals surface area (Å²) in [4.78, 5) is 12.9. The quantitative estimate of drug-likeness (QED) is 0.835. The number of carbonyl (C=O) groups is 1. The number of carboxylic acids is 1. The second kappa shape index (κ2) is 6.14. The van der Waals surface area contributed by atoms with Crippen LogP contribution in [0.1, 0.15) is 58.4 Å². The molecular weight excluding hydrogens is 312 g/mol. The second-order valence-electron chi connectivity index (χ2n) is 8.42. The molecule has 25 heavy (non-hydrogen) atoms. The van der Waals surface area contributed by atoms with Crippen molar-refractivity contribution in [2.75, 3.05) is 0 Å². The maximum atomic E-state index is 12.9. The van der Waals surface area contributed by atoms with Crippen LogP contribution in [0.5, 0.6) is 0 Å². The van der Waals surface area contributed by atoms with Crippen LogP contribution in [0.15, 0.2) is 42.5 Å². The van der Waals surface area contributed by atoms with Crippen molar-refractivity contribution < 1.29 is 15.0 Å². The Hall–Kier alpha value is -1.87. The second-order valence-corrected chi connectivity index (χ2v) is 8.42.